The van der Waals surface area contributed by atoms with E-state index in [1.54, 1.807) is 17.2 Å². The molecule has 2 aliphatic heterocycles. The number of benzene rings is 1. The Kier molecular flexibility index (Phi) is 6.13. The summed E-state index contributed by atoms with van der Waals surface area (Å²) in [6.07, 6.45) is 4.78. The number of carbonyl (C=O) groups excluding carboxylic acids is 2. The molecule has 4 bridgehead atoms. The second-order valence-electron chi connectivity index (χ2n) is 9.66. The van der Waals surface area contributed by atoms with Crippen molar-refractivity contribution in [2.24, 2.45) is 0 Å². The lowest BCUT2D eigenvalue weighted by Gasteiger charge is -2.39. The molecule has 172 valence electrons. The third kappa shape index (κ3) is 4.89. The second kappa shape index (κ2) is 8.84. The number of piperidine rings is 1. The first kappa shape index (κ1) is 22.2. The number of carbonyl (C=O) groups is 2. The van der Waals surface area contributed by atoms with Crippen molar-refractivity contribution in [3.8, 4) is 5.75 Å². The van der Waals surface area contributed by atoms with Gasteiger partial charge in [-0.1, -0.05) is 0 Å². The molecule has 8 heteroatoms. The minimum absolute atomic E-state index is 0.00684. The van der Waals surface area contributed by atoms with E-state index in [9.17, 15) is 14.7 Å². The predicted molar refractivity (Wildman–Crippen MR) is 123 cm³/mol. The molecule has 8 nitrogen and oxygen atoms in total. The molecular weight excluding hydrogens is 408 g/mol. The van der Waals surface area contributed by atoms with E-state index in [2.05, 4.69) is 15.6 Å². The number of nitrogens with zero attached hydrogens (tertiary/aromatic N) is 2. The molecule has 4 rings (SSSR count). The molecule has 2 aromatic rings. The fourth-order valence-electron chi connectivity index (χ4n) is 4.46. The summed E-state index contributed by atoms with van der Waals surface area (Å²) in [5.41, 5.74) is 1.96. The molecule has 3 N–H and O–H groups in total. The Balaban J connectivity index is 1.62. The molecule has 1 fully saturated rings. The highest BCUT2D eigenvalue weighted by molar-refractivity contribution is 5.88. The maximum absolute atomic E-state index is 13.0. The van der Waals surface area contributed by atoms with Crippen LogP contribution in [0.5, 0.6) is 5.75 Å². The lowest BCUT2D eigenvalue weighted by molar-refractivity contribution is -0.127. The molecule has 2 atom stereocenters. The molecule has 1 aromatic carbocycles. The molecule has 2 aliphatic rings. The van der Waals surface area contributed by atoms with Gasteiger partial charge in [0.2, 0.25) is 5.91 Å². The van der Waals surface area contributed by atoms with Crippen LogP contribution in [0.25, 0.3) is 10.9 Å². The number of hydrogen-bond donors (Lipinski definition) is 3. The van der Waals surface area contributed by atoms with Crippen molar-refractivity contribution in [3.05, 3.63) is 30.0 Å². The highest BCUT2D eigenvalue weighted by atomic mass is 16.6. The number of amides is 2. The number of phenolic OH excluding ortho intramolecular Hbond substituents is 1. The lowest BCUT2D eigenvalue weighted by Crippen LogP contribution is -2.56. The van der Waals surface area contributed by atoms with Gasteiger partial charge in [-0.3, -0.25) is 14.7 Å². The minimum Gasteiger partial charge on any atom is -0.508 e. The van der Waals surface area contributed by atoms with E-state index in [-0.39, 0.29) is 17.7 Å². The molecule has 2 amide bonds. The number of pyridine rings is 1. The molecular formula is C24H32N4O4. The molecule has 0 unspecified atom stereocenters. The zero-order chi connectivity index (χ0) is 22.9. The summed E-state index contributed by atoms with van der Waals surface area (Å²) < 4.78 is 5.56. The molecule has 0 aliphatic carbocycles. The van der Waals surface area contributed by atoms with E-state index in [0.717, 1.165) is 35.0 Å². The Hall–Kier alpha value is -3.03. The summed E-state index contributed by atoms with van der Waals surface area (Å²) in [6, 6.07) is 4.97. The van der Waals surface area contributed by atoms with Gasteiger partial charge in [-0.15, -0.1) is 0 Å². The first-order chi connectivity index (χ1) is 15.2. The van der Waals surface area contributed by atoms with Gasteiger partial charge in [-0.2, -0.15) is 0 Å². The average Bonchev–Trinajstić information content (AvgIpc) is 2.73. The summed E-state index contributed by atoms with van der Waals surface area (Å²) in [7, 11) is 0. The number of aromatic nitrogens is 1. The van der Waals surface area contributed by atoms with Gasteiger partial charge in [0.15, 0.2) is 0 Å². The number of aryl methyl sites for hydroxylation is 1. The number of ether oxygens (including phenoxy) is 1. The monoisotopic (exact) mass is 440 g/mol. The molecule has 0 radical (unpaired) electrons. The van der Waals surface area contributed by atoms with Crippen molar-refractivity contribution in [1.29, 1.82) is 0 Å². The Morgan fingerprint density at radius 2 is 2.09 bits per heavy atom. The van der Waals surface area contributed by atoms with Crippen LogP contribution >= 0.6 is 0 Å². The fourth-order valence-corrected chi connectivity index (χ4v) is 4.46. The summed E-state index contributed by atoms with van der Waals surface area (Å²) in [5.74, 6) is 0.120. The van der Waals surface area contributed by atoms with Crippen LogP contribution in [0.4, 0.5) is 10.5 Å². The molecule has 1 aromatic heterocycles. The Labute approximate surface area is 188 Å². The third-order valence-electron chi connectivity index (χ3n) is 6.01. The normalized spacial score (nSPS) is 22.1. The van der Waals surface area contributed by atoms with Crippen LogP contribution < -0.4 is 10.6 Å². The molecule has 3 heterocycles. The van der Waals surface area contributed by atoms with E-state index < -0.39 is 17.7 Å². The number of fused-ring (bicyclic) bond motifs is 3. The van der Waals surface area contributed by atoms with Crippen molar-refractivity contribution in [1.82, 2.24) is 15.2 Å². The van der Waals surface area contributed by atoms with Gasteiger partial charge < -0.3 is 20.5 Å². The van der Waals surface area contributed by atoms with Crippen LogP contribution in [0.1, 0.15) is 52.0 Å². The van der Waals surface area contributed by atoms with E-state index in [1.165, 1.54) is 0 Å². The van der Waals surface area contributed by atoms with Gasteiger partial charge in [0.1, 0.15) is 17.4 Å². The van der Waals surface area contributed by atoms with Crippen molar-refractivity contribution in [2.75, 3.05) is 18.4 Å². The topological polar surface area (TPSA) is 104 Å². The highest BCUT2D eigenvalue weighted by Crippen LogP contribution is 2.31. The van der Waals surface area contributed by atoms with Crippen molar-refractivity contribution < 1.29 is 19.4 Å². The average molecular weight is 441 g/mol. The number of hydrogen-bond acceptors (Lipinski definition) is 6. The van der Waals surface area contributed by atoms with E-state index >= 15 is 0 Å². The van der Waals surface area contributed by atoms with Gasteiger partial charge in [0, 0.05) is 30.1 Å². The lowest BCUT2D eigenvalue weighted by atomic mass is 9.95. The van der Waals surface area contributed by atoms with Crippen LogP contribution in [0.15, 0.2) is 24.4 Å². The van der Waals surface area contributed by atoms with Gasteiger partial charge in [0.25, 0.3) is 0 Å². The summed E-state index contributed by atoms with van der Waals surface area (Å²) in [4.78, 5) is 31.9. The van der Waals surface area contributed by atoms with Gasteiger partial charge >= 0.3 is 6.09 Å². The fraction of sp³-hybridized carbons (Fsp3) is 0.542. The highest BCUT2D eigenvalue weighted by Gasteiger charge is 2.38. The first-order valence-corrected chi connectivity index (χ1v) is 11.4. The third-order valence-corrected chi connectivity index (χ3v) is 6.01. The number of rotatable bonds is 0. The Bertz CT molecular complexity index is 1020. The second-order valence-corrected chi connectivity index (χ2v) is 9.66. The largest absolute Gasteiger partial charge is 0.508 e. The Morgan fingerprint density at radius 1 is 1.28 bits per heavy atom. The Morgan fingerprint density at radius 3 is 2.88 bits per heavy atom. The van der Waals surface area contributed by atoms with Crippen molar-refractivity contribution in [3.63, 3.8) is 0 Å². The van der Waals surface area contributed by atoms with Gasteiger partial charge in [-0.25, -0.2) is 4.79 Å². The molecule has 0 saturated carbocycles. The molecule has 32 heavy (non-hydrogen) atoms. The van der Waals surface area contributed by atoms with Crippen LogP contribution in [0.3, 0.4) is 0 Å². The SMILES string of the molecule is CC(C)(C)OC(=O)N1CC[C@H]2C[C@H]1C(=O)NCCCCc1c(O)ccc3ncc(cc13)N2. The quantitative estimate of drug-likeness (QED) is 0.579. The zero-order valence-corrected chi connectivity index (χ0v) is 19.0. The zero-order valence-electron chi connectivity index (χ0n) is 19.0. The standard InChI is InChI=1S/C24H32N4O4/c1-24(2,3)32-23(31)28-11-9-15-13-20(28)22(30)25-10-5-4-6-17-18-12-16(27-15)14-26-19(18)7-8-21(17)29/h7-8,12,14-15,20,27,29H,4-6,9-11,13H2,1-3H3,(H,25,30)/t15-,20-/m0/s1. The molecule has 1 saturated heterocycles. The number of phenols is 1. The van der Waals surface area contributed by atoms with Crippen LogP contribution in [-0.4, -0.2) is 57.8 Å². The van der Waals surface area contributed by atoms with E-state index in [0.29, 0.717) is 32.4 Å². The van der Waals surface area contributed by atoms with E-state index in [1.807, 2.05) is 32.9 Å². The van der Waals surface area contributed by atoms with Gasteiger partial charge in [0.05, 0.1) is 17.4 Å². The first-order valence-electron chi connectivity index (χ1n) is 11.4. The van der Waals surface area contributed by atoms with Gasteiger partial charge in [-0.05, 0) is 71.1 Å². The number of aromatic hydroxyl groups is 1. The summed E-state index contributed by atoms with van der Waals surface area (Å²) in [6.45, 7) is 6.42. The van der Waals surface area contributed by atoms with Crippen molar-refractivity contribution in [2.45, 2.75) is 70.6 Å². The van der Waals surface area contributed by atoms with Crippen LogP contribution in [0, 0.1) is 0 Å². The number of likely N-dealkylation sites (tertiary alicyclic amines) is 1. The molecule has 0 spiro atoms. The van der Waals surface area contributed by atoms with E-state index in [4.69, 9.17) is 4.74 Å². The predicted octanol–water partition coefficient (Wildman–Crippen LogP) is 3.57. The maximum Gasteiger partial charge on any atom is 0.410 e. The van der Waals surface area contributed by atoms with Crippen molar-refractivity contribution >= 4 is 28.6 Å². The number of anilines is 1. The summed E-state index contributed by atoms with van der Waals surface area (Å²) in [5, 5.41) is 17.9. The minimum atomic E-state index is -0.621. The van der Waals surface area contributed by atoms with Crippen LogP contribution in [-0.2, 0) is 16.0 Å². The number of nitrogens with one attached hydrogen (secondary N) is 2. The maximum atomic E-state index is 13.0. The smallest absolute Gasteiger partial charge is 0.410 e. The van der Waals surface area contributed by atoms with Crippen LogP contribution in [0.2, 0.25) is 0 Å². The summed E-state index contributed by atoms with van der Waals surface area (Å²) >= 11 is 0.